The summed E-state index contributed by atoms with van der Waals surface area (Å²) < 4.78 is 33.3. The molecule has 8 heteroatoms. The van der Waals surface area contributed by atoms with E-state index in [0.29, 0.717) is 38.4 Å². The average molecular weight is 298 g/mol. The third-order valence-corrected chi connectivity index (χ3v) is 4.44. The van der Waals surface area contributed by atoms with E-state index in [1.54, 1.807) is 24.3 Å². The predicted molar refractivity (Wildman–Crippen MR) is 77.0 cm³/mol. The van der Waals surface area contributed by atoms with E-state index >= 15 is 0 Å². The molecule has 20 heavy (non-hydrogen) atoms. The molecule has 1 aromatic carbocycles. The van der Waals surface area contributed by atoms with E-state index in [9.17, 15) is 8.42 Å². The number of hydrogen-bond acceptors (Lipinski definition) is 4. The highest BCUT2D eigenvalue weighted by atomic mass is 32.2. The summed E-state index contributed by atoms with van der Waals surface area (Å²) in [6.07, 6.45) is 0.358. The summed E-state index contributed by atoms with van der Waals surface area (Å²) >= 11 is 0. The normalized spacial score (nSPS) is 16.8. The van der Waals surface area contributed by atoms with Crippen LogP contribution in [-0.2, 0) is 21.4 Å². The van der Waals surface area contributed by atoms with E-state index < -0.39 is 10.2 Å². The minimum Gasteiger partial charge on any atom is -0.387 e. The number of benzene rings is 1. The van der Waals surface area contributed by atoms with Crippen LogP contribution in [0.1, 0.15) is 5.56 Å². The minimum absolute atomic E-state index is 0.0756. The van der Waals surface area contributed by atoms with E-state index in [0.717, 1.165) is 5.56 Å². The number of nitrogens with zero attached hydrogens (tertiary/aromatic N) is 1. The van der Waals surface area contributed by atoms with Crippen LogP contribution in [0.4, 0.5) is 5.69 Å². The molecular weight excluding hydrogens is 280 g/mol. The van der Waals surface area contributed by atoms with Crippen LogP contribution in [0.15, 0.2) is 24.3 Å². The van der Waals surface area contributed by atoms with Gasteiger partial charge in [-0.15, -0.1) is 0 Å². The lowest BCUT2D eigenvalue weighted by atomic mass is 10.1. The lowest BCUT2D eigenvalue weighted by Crippen LogP contribution is -2.43. The van der Waals surface area contributed by atoms with E-state index in [1.807, 2.05) is 0 Å². The summed E-state index contributed by atoms with van der Waals surface area (Å²) in [6, 6.07) is 6.82. The van der Waals surface area contributed by atoms with Gasteiger partial charge in [-0.25, -0.2) is 0 Å². The van der Waals surface area contributed by atoms with Crippen molar-refractivity contribution < 1.29 is 13.2 Å². The Balaban J connectivity index is 2.03. The first kappa shape index (κ1) is 14.8. The molecule has 0 spiro atoms. The van der Waals surface area contributed by atoms with E-state index in [2.05, 4.69) is 4.72 Å². The van der Waals surface area contributed by atoms with Gasteiger partial charge in [0.15, 0.2) is 0 Å². The molecule has 7 nitrogen and oxygen atoms in total. The second-order valence-corrected chi connectivity index (χ2v) is 6.19. The Kier molecular flexibility index (Phi) is 4.58. The summed E-state index contributed by atoms with van der Waals surface area (Å²) in [5.74, 6) is 0.0756. The molecule has 0 radical (unpaired) electrons. The highest BCUT2D eigenvalue weighted by Gasteiger charge is 2.23. The molecule has 0 aliphatic carbocycles. The summed E-state index contributed by atoms with van der Waals surface area (Å²) in [5.41, 5.74) is 6.67. The number of anilines is 1. The van der Waals surface area contributed by atoms with Gasteiger partial charge >= 0.3 is 10.2 Å². The molecule has 110 valence electrons. The lowest BCUT2D eigenvalue weighted by molar-refractivity contribution is 0.0733. The van der Waals surface area contributed by atoms with Crippen molar-refractivity contribution in [3.8, 4) is 0 Å². The van der Waals surface area contributed by atoms with E-state index in [4.69, 9.17) is 15.9 Å². The molecule has 4 N–H and O–H groups in total. The van der Waals surface area contributed by atoms with Gasteiger partial charge in [0.25, 0.3) is 0 Å². The fourth-order valence-electron chi connectivity index (χ4n) is 1.91. The smallest absolute Gasteiger partial charge is 0.301 e. The molecule has 1 aliphatic heterocycles. The van der Waals surface area contributed by atoms with Gasteiger partial charge in [-0.05, 0) is 17.7 Å². The molecule has 0 atom stereocenters. The Hall–Kier alpha value is -1.64. The van der Waals surface area contributed by atoms with Gasteiger partial charge in [-0.3, -0.25) is 10.1 Å². The van der Waals surface area contributed by atoms with Gasteiger partial charge in [0, 0.05) is 25.2 Å². The summed E-state index contributed by atoms with van der Waals surface area (Å²) in [4.78, 5) is 0. The largest absolute Gasteiger partial charge is 0.387 e. The first-order valence-electron chi connectivity index (χ1n) is 6.25. The van der Waals surface area contributed by atoms with Gasteiger partial charge in [-0.1, -0.05) is 12.1 Å². The van der Waals surface area contributed by atoms with Gasteiger partial charge in [0.05, 0.1) is 19.0 Å². The monoisotopic (exact) mass is 298 g/mol. The van der Waals surface area contributed by atoms with Crippen LogP contribution < -0.4 is 10.5 Å². The molecule has 1 fully saturated rings. The molecular formula is C12H18N4O3S. The third kappa shape index (κ3) is 3.92. The lowest BCUT2D eigenvalue weighted by Gasteiger charge is -2.26. The van der Waals surface area contributed by atoms with Crippen molar-refractivity contribution in [2.24, 2.45) is 5.73 Å². The minimum atomic E-state index is -3.54. The second kappa shape index (κ2) is 6.21. The first-order chi connectivity index (χ1) is 9.47. The maximum atomic E-state index is 12.1. The van der Waals surface area contributed by atoms with E-state index in [1.165, 1.54) is 4.31 Å². The zero-order chi connectivity index (χ0) is 14.6. The number of nitrogens with two attached hydrogens (primary N) is 1. The maximum Gasteiger partial charge on any atom is 0.301 e. The van der Waals surface area contributed by atoms with Crippen LogP contribution in [0.5, 0.6) is 0 Å². The predicted octanol–water partition coefficient (Wildman–Crippen LogP) is 0.154. The number of ether oxygens (including phenoxy) is 1. The van der Waals surface area contributed by atoms with E-state index in [-0.39, 0.29) is 5.84 Å². The zero-order valence-electron chi connectivity index (χ0n) is 11.0. The Labute approximate surface area is 118 Å². The standard InChI is InChI=1S/C12H18N4O3S/c13-12(14)9-10-1-3-11(4-2-10)15-20(17,18)16-5-7-19-8-6-16/h1-4,15H,5-9H2,(H3,13,14). The Bertz CT molecular complexity index is 565. The number of morpholine rings is 1. The molecule has 0 bridgehead atoms. The quantitative estimate of drug-likeness (QED) is 0.531. The first-order valence-corrected chi connectivity index (χ1v) is 7.69. The zero-order valence-corrected chi connectivity index (χ0v) is 11.8. The van der Waals surface area contributed by atoms with Crippen LogP contribution in [0.25, 0.3) is 0 Å². The van der Waals surface area contributed by atoms with Gasteiger partial charge in [0.2, 0.25) is 0 Å². The van der Waals surface area contributed by atoms with Crippen molar-refractivity contribution in [1.29, 1.82) is 5.41 Å². The summed E-state index contributed by atoms with van der Waals surface area (Å²) in [5, 5.41) is 7.21. The average Bonchev–Trinajstić information content (AvgIpc) is 2.41. The Morgan fingerprint density at radius 1 is 1.30 bits per heavy atom. The van der Waals surface area contributed by atoms with Crippen molar-refractivity contribution in [3.63, 3.8) is 0 Å². The van der Waals surface area contributed by atoms with Crippen LogP contribution in [0, 0.1) is 5.41 Å². The fourth-order valence-corrected chi connectivity index (χ4v) is 3.10. The molecule has 0 unspecified atom stereocenters. The van der Waals surface area contributed by atoms with Crippen molar-refractivity contribution in [1.82, 2.24) is 4.31 Å². The molecule has 0 saturated carbocycles. The molecule has 1 aromatic rings. The van der Waals surface area contributed by atoms with Crippen molar-refractivity contribution in [3.05, 3.63) is 29.8 Å². The number of amidine groups is 1. The topological polar surface area (TPSA) is 109 Å². The fraction of sp³-hybridized carbons (Fsp3) is 0.417. The van der Waals surface area contributed by atoms with Crippen molar-refractivity contribution in [2.75, 3.05) is 31.0 Å². The van der Waals surface area contributed by atoms with Crippen LogP contribution in [0.2, 0.25) is 0 Å². The molecule has 1 heterocycles. The van der Waals surface area contributed by atoms with Crippen LogP contribution in [-0.4, -0.2) is 44.9 Å². The Morgan fingerprint density at radius 2 is 1.90 bits per heavy atom. The van der Waals surface area contributed by atoms with Gasteiger partial charge in [0.1, 0.15) is 0 Å². The molecule has 1 saturated heterocycles. The summed E-state index contributed by atoms with van der Waals surface area (Å²) in [6.45, 7) is 1.55. The Morgan fingerprint density at radius 3 is 2.45 bits per heavy atom. The van der Waals surface area contributed by atoms with Gasteiger partial charge < -0.3 is 10.5 Å². The highest BCUT2D eigenvalue weighted by Crippen LogP contribution is 2.14. The number of hydrogen-bond donors (Lipinski definition) is 3. The maximum absolute atomic E-state index is 12.1. The van der Waals surface area contributed by atoms with Crippen molar-refractivity contribution in [2.45, 2.75) is 6.42 Å². The molecule has 2 rings (SSSR count). The molecule has 1 aliphatic rings. The second-order valence-electron chi connectivity index (χ2n) is 4.52. The highest BCUT2D eigenvalue weighted by molar-refractivity contribution is 7.90. The van der Waals surface area contributed by atoms with Crippen LogP contribution in [0.3, 0.4) is 0 Å². The van der Waals surface area contributed by atoms with Gasteiger partial charge in [-0.2, -0.15) is 12.7 Å². The van der Waals surface area contributed by atoms with Crippen LogP contribution >= 0.6 is 0 Å². The van der Waals surface area contributed by atoms with Crippen molar-refractivity contribution >= 4 is 21.7 Å². The number of nitrogens with one attached hydrogen (secondary N) is 2. The number of rotatable bonds is 5. The molecule has 0 aromatic heterocycles. The SMILES string of the molecule is N=C(N)Cc1ccc(NS(=O)(=O)N2CCOCC2)cc1. The molecule has 0 amide bonds. The summed E-state index contributed by atoms with van der Waals surface area (Å²) in [7, 11) is -3.54. The third-order valence-electron chi connectivity index (χ3n) is 2.91.